The van der Waals surface area contributed by atoms with Gasteiger partial charge in [0.15, 0.2) is 0 Å². The van der Waals surface area contributed by atoms with Gasteiger partial charge in [0.1, 0.15) is 0 Å². The molecule has 0 aromatic rings. The summed E-state index contributed by atoms with van der Waals surface area (Å²) in [5.74, 6) is -0.335. The summed E-state index contributed by atoms with van der Waals surface area (Å²) >= 11 is 0. The minimum Gasteiger partial charge on any atom is -0.481 e. The van der Waals surface area contributed by atoms with Crippen LogP contribution >= 0.6 is 0 Å². The van der Waals surface area contributed by atoms with Crippen LogP contribution in [-0.2, 0) is 9.53 Å². The third kappa shape index (κ3) is 2.57. The molecule has 2 rings (SSSR count). The Morgan fingerprint density at radius 1 is 1.38 bits per heavy atom. The van der Waals surface area contributed by atoms with E-state index >= 15 is 0 Å². The highest BCUT2D eigenvalue weighted by Crippen LogP contribution is 2.40. The van der Waals surface area contributed by atoms with Gasteiger partial charge in [-0.1, -0.05) is 26.2 Å². The van der Waals surface area contributed by atoms with Crippen molar-refractivity contribution in [2.45, 2.75) is 45.4 Å². The van der Waals surface area contributed by atoms with Crippen LogP contribution in [0.4, 0.5) is 0 Å². The van der Waals surface area contributed by atoms with Crippen molar-refractivity contribution in [2.24, 2.45) is 17.3 Å². The number of hydrogen-bond acceptors (Lipinski definition) is 2. The minimum absolute atomic E-state index is 0.125. The summed E-state index contributed by atoms with van der Waals surface area (Å²) in [6, 6.07) is 0. The Morgan fingerprint density at radius 2 is 2.00 bits per heavy atom. The van der Waals surface area contributed by atoms with Crippen molar-refractivity contribution < 1.29 is 14.6 Å². The summed E-state index contributed by atoms with van der Waals surface area (Å²) in [4.78, 5) is 11.4. The zero-order chi connectivity index (χ0) is 11.6. The quantitative estimate of drug-likeness (QED) is 0.801. The highest BCUT2D eigenvalue weighted by molar-refractivity contribution is 5.70. The van der Waals surface area contributed by atoms with Crippen molar-refractivity contribution in [3.05, 3.63) is 0 Å². The van der Waals surface area contributed by atoms with Gasteiger partial charge in [-0.05, 0) is 25.2 Å². The van der Waals surface area contributed by atoms with Crippen LogP contribution in [0.1, 0.15) is 45.4 Å². The van der Waals surface area contributed by atoms with E-state index in [1.807, 2.05) is 0 Å². The van der Waals surface area contributed by atoms with Crippen LogP contribution in [-0.4, -0.2) is 24.3 Å². The van der Waals surface area contributed by atoms with E-state index in [-0.39, 0.29) is 11.3 Å². The predicted molar refractivity (Wildman–Crippen MR) is 61.2 cm³/mol. The largest absolute Gasteiger partial charge is 0.481 e. The fraction of sp³-hybridized carbons (Fsp3) is 0.923. The lowest BCUT2D eigenvalue weighted by molar-refractivity contribution is -0.154. The van der Waals surface area contributed by atoms with Gasteiger partial charge in [-0.2, -0.15) is 0 Å². The van der Waals surface area contributed by atoms with E-state index in [9.17, 15) is 9.90 Å². The second-order valence-electron chi connectivity index (χ2n) is 5.85. The van der Waals surface area contributed by atoms with Gasteiger partial charge in [-0.3, -0.25) is 4.79 Å². The van der Waals surface area contributed by atoms with E-state index in [0.29, 0.717) is 5.92 Å². The zero-order valence-corrected chi connectivity index (χ0v) is 10.1. The molecule has 0 bridgehead atoms. The Labute approximate surface area is 97.2 Å². The van der Waals surface area contributed by atoms with Crippen LogP contribution in [0.3, 0.4) is 0 Å². The summed E-state index contributed by atoms with van der Waals surface area (Å²) in [7, 11) is 0. The first-order valence-corrected chi connectivity index (χ1v) is 6.41. The smallest absolute Gasteiger partial charge is 0.306 e. The lowest BCUT2D eigenvalue weighted by Crippen LogP contribution is -2.43. The van der Waals surface area contributed by atoms with E-state index in [2.05, 4.69) is 6.92 Å². The van der Waals surface area contributed by atoms with Crippen LogP contribution < -0.4 is 0 Å². The third-order valence-electron chi connectivity index (χ3n) is 4.15. The molecule has 1 aliphatic heterocycles. The molecule has 1 N–H and O–H groups in total. The monoisotopic (exact) mass is 226 g/mol. The average Bonchev–Trinajstić information content (AvgIpc) is 2.24. The maximum absolute atomic E-state index is 11.4. The first-order chi connectivity index (χ1) is 7.61. The lowest BCUT2D eigenvalue weighted by Gasteiger charge is -2.41. The van der Waals surface area contributed by atoms with E-state index in [0.717, 1.165) is 32.5 Å². The van der Waals surface area contributed by atoms with Crippen molar-refractivity contribution in [1.82, 2.24) is 0 Å². The Hall–Kier alpha value is -0.570. The lowest BCUT2D eigenvalue weighted by atomic mass is 9.71. The number of carboxylic acids is 1. The maximum atomic E-state index is 11.4. The van der Waals surface area contributed by atoms with Crippen LogP contribution in [0, 0.1) is 17.3 Å². The van der Waals surface area contributed by atoms with Crippen LogP contribution in [0.5, 0.6) is 0 Å². The number of ether oxygens (including phenoxy) is 1. The first-order valence-electron chi connectivity index (χ1n) is 6.41. The van der Waals surface area contributed by atoms with Crippen LogP contribution in [0.15, 0.2) is 0 Å². The molecule has 1 heterocycles. The van der Waals surface area contributed by atoms with Crippen molar-refractivity contribution in [3.8, 4) is 0 Å². The molecule has 2 fully saturated rings. The molecule has 0 amide bonds. The predicted octanol–water partition coefficient (Wildman–Crippen LogP) is 2.69. The van der Waals surface area contributed by atoms with Gasteiger partial charge < -0.3 is 9.84 Å². The standard InChI is InChI=1S/C13H22O3/c1-13(8-16-9-13)7-11(12(14)15)10-5-3-2-4-6-10/h10-11H,2-9H2,1H3,(H,14,15). The first kappa shape index (κ1) is 11.9. The summed E-state index contributed by atoms with van der Waals surface area (Å²) in [5.41, 5.74) is 0.125. The summed E-state index contributed by atoms with van der Waals surface area (Å²) in [5, 5.41) is 9.37. The normalized spacial score (nSPS) is 27.1. The minimum atomic E-state index is -0.597. The fourth-order valence-corrected chi connectivity index (χ4v) is 3.09. The average molecular weight is 226 g/mol. The van der Waals surface area contributed by atoms with Crippen LogP contribution in [0.2, 0.25) is 0 Å². The number of carboxylic acid groups (broad SMARTS) is 1. The van der Waals surface area contributed by atoms with Crippen molar-refractivity contribution >= 4 is 5.97 Å². The van der Waals surface area contributed by atoms with Crippen molar-refractivity contribution in [3.63, 3.8) is 0 Å². The van der Waals surface area contributed by atoms with Gasteiger partial charge in [0, 0.05) is 5.41 Å². The molecule has 16 heavy (non-hydrogen) atoms. The zero-order valence-electron chi connectivity index (χ0n) is 10.1. The molecular formula is C13H22O3. The van der Waals surface area contributed by atoms with Crippen molar-refractivity contribution in [2.75, 3.05) is 13.2 Å². The second-order valence-corrected chi connectivity index (χ2v) is 5.85. The molecule has 92 valence electrons. The Kier molecular flexibility index (Phi) is 3.53. The molecular weight excluding hydrogens is 204 g/mol. The fourth-order valence-electron chi connectivity index (χ4n) is 3.09. The van der Waals surface area contributed by atoms with E-state index in [1.165, 1.54) is 19.3 Å². The number of carbonyl (C=O) groups is 1. The molecule has 1 unspecified atom stereocenters. The molecule has 3 heteroatoms. The number of hydrogen-bond donors (Lipinski definition) is 1. The van der Waals surface area contributed by atoms with E-state index in [1.54, 1.807) is 0 Å². The molecule has 1 aliphatic carbocycles. The Bertz CT molecular complexity index is 252. The highest BCUT2D eigenvalue weighted by atomic mass is 16.5. The number of rotatable bonds is 4. The van der Waals surface area contributed by atoms with E-state index < -0.39 is 5.97 Å². The molecule has 0 radical (unpaired) electrons. The Morgan fingerprint density at radius 3 is 2.44 bits per heavy atom. The van der Waals surface area contributed by atoms with Gasteiger partial charge in [-0.15, -0.1) is 0 Å². The molecule has 0 aromatic carbocycles. The van der Waals surface area contributed by atoms with Gasteiger partial charge in [0.2, 0.25) is 0 Å². The molecule has 2 aliphatic rings. The van der Waals surface area contributed by atoms with E-state index in [4.69, 9.17) is 4.74 Å². The topological polar surface area (TPSA) is 46.5 Å². The third-order valence-corrected chi connectivity index (χ3v) is 4.15. The molecule has 0 spiro atoms. The van der Waals surface area contributed by atoms with Gasteiger partial charge in [0.25, 0.3) is 0 Å². The van der Waals surface area contributed by atoms with Gasteiger partial charge >= 0.3 is 5.97 Å². The molecule has 1 saturated carbocycles. The maximum Gasteiger partial charge on any atom is 0.306 e. The summed E-state index contributed by atoms with van der Waals surface area (Å²) in [6.07, 6.45) is 6.71. The van der Waals surface area contributed by atoms with Crippen molar-refractivity contribution in [1.29, 1.82) is 0 Å². The Balaban J connectivity index is 1.95. The highest BCUT2D eigenvalue weighted by Gasteiger charge is 2.40. The van der Waals surface area contributed by atoms with Gasteiger partial charge in [-0.25, -0.2) is 0 Å². The number of aliphatic carboxylic acids is 1. The summed E-state index contributed by atoms with van der Waals surface area (Å²) in [6.45, 7) is 3.63. The molecule has 1 saturated heterocycles. The van der Waals surface area contributed by atoms with Crippen LogP contribution in [0.25, 0.3) is 0 Å². The molecule has 0 aromatic heterocycles. The SMILES string of the molecule is CC1(CC(C(=O)O)C2CCCCC2)COC1. The molecule has 3 nitrogen and oxygen atoms in total. The summed E-state index contributed by atoms with van der Waals surface area (Å²) < 4.78 is 5.21. The second kappa shape index (κ2) is 4.74. The molecule has 1 atom stereocenters. The van der Waals surface area contributed by atoms with Gasteiger partial charge in [0.05, 0.1) is 19.1 Å².